The molecule has 1 amide bonds. The summed E-state index contributed by atoms with van der Waals surface area (Å²) in [4.78, 5) is 41.2. The Kier molecular flexibility index (Phi) is 8.33. The molecule has 2 aliphatic rings. The summed E-state index contributed by atoms with van der Waals surface area (Å²) < 4.78 is 2.10. The molecule has 1 aromatic carbocycles. The van der Waals surface area contributed by atoms with Gasteiger partial charge in [-0.05, 0) is 70.7 Å². The second-order valence-corrected chi connectivity index (χ2v) is 10.9. The average Bonchev–Trinajstić information content (AvgIpc) is 3.46. The first-order chi connectivity index (χ1) is 16.8. The van der Waals surface area contributed by atoms with Gasteiger partial charge in [-0.25, -0.2) is 0 Å². The molecule has 4 rings (SSSR count). The van der Waals surface area contributed by atoms with E-state index in [4.69, 9.17) is 11.6 Å². The van der Waals surface area contributed by atoms with E-state index in [1.165, 1.54) is 6.42 Å². The van der Waals surface area contributed by atoms with Crippen LogP contribution < -0.4 is 5.32 Å². The summed E-state index contributed by atoms with van der Waals surface area (Å²) >= 11 is 6.22. The number of rotatable bonds is 9. The maximum atomic E-state index is 14.0. The smallest absolute Gasteiger partial charge is 0.226 e. The van der Waals surface area contributed by atoms with Crippen molar-refractivity contribution in [2.45, 2.75) is 83.8 Å². The van der Waals surface area contributed by atoms with E-state index in [0.29, 0.717) is 23.6 Å². The van der Waals surface area contributed by atoms with E-state index < -0.39 is 0 Å². The van der Waals surface area contributed by atoms with Gasteiger partial charge in [-0.1, -0.05) is 30.9 Å². The van der Waals surface area contributed by atoms with Gasteiger partial charge in [-0.15, -0.1) is 0 Å². The van der Waals surface area contributed by atoms with Crippen LogP contribution in [0, 0.1) is 11.8 Å². The Morgan fingerprint density at radius 1 is 1.11 bits per heavy atom. The van der Waals surface area contributed by atoms with E-state index in [1.54, 1.807) is 14.0 Å². The molecule has 2 heterocycles. The van der Waals surface area contributed by atoms with Gasteiger partial charge in [-0.2, -0.15) is 0 Å². The number of carbonyl (C=O) groups is 3. The molecule has 0 spiro atoms. The Labute approximate surface area is 213 Å². The van der Waals surface area contributed by atoms with Gasteiger partial charge in [0.1, 0.15) is 5.78 Å². The zero-order valence-corrected chi connectivity index (χ0v) is 21.9. The first kappa shape index (κ1) is 25.9. The Bertz CT molecular complexity index is 1090. The number of nitrogens with zero attached hydrogens (tertiary/aromatic N) is 2. The van der Waals surface area contributed by atoms with Gasteiger partial charge in [0.2, 0.25) is 5.91 Å². The molecule has 1 N–H and O–H groups in total. The molecule has 35 heavy (non-hydrogen) atoms. The van der Waals surface area contributed by atoms with Crippen LogP contribution >= 0.6 is 11.6 Å². The number of halogens is 1. The van der Waals surface area contributed by atoms with Crippen molar-refractivity contribution in [3.05, 3.63) is 35.0 Å². The zero-order valence-electron chi connectivity index (χ0n) is 21.2. The monoisotopic (exact) mass is 499 g/mol. The normalized spacial score (nSPS) is 20.8. The fraction of sp³-hybridized carbons (Fsp3) is 0.607. The summed E-state index contributed by atoms with van der Waals surface area (Å²) in [6, 6.07) is 5.45. The van der Waals surface area contributed by atoms with Gasteiger partial charge < -0.3 is 14.8 Å². The molecule has 7 heteroatoms. The average molecular weight is 500 g/mol. The quantitative estimate of drug-likeness (QED) is 0.478. The first-order valence-electron chi connectivity index (χ1n) is 13.1. The highest BCUT2D eigenvalue weighted by molar-refractivity contribution is 6.31. The summed E-state index contributed by atoms with van der Waals surface area (Å²) in [5, 5.41) is 4.50. The van der Waals surface area contributed by atoms with Gasteiger partial charge in [0.25, 0.3) is 0 Å². The number of nitrogens with one attached hydrogen (secondary N) is 1. The van der Waals surface area contributed by atoms with Gasteiger partial charge in [0, 0.05) is 59.2 Å². The molecule has 1 saturated heterocycles. The molecule has 190 valence electrons. The number of hydrogen-bond acceptors (Lipinski definition) is 4. The zero-order chi connectivity index (χ0) is 25.1. The molecule has 3 unspecified atom stereocenters. The van der Waals surface area contributed by atoms with Gasteiger partial charge in [0.15, 0.2) is 5.78 Å². The van der Waals surface area contributed by atoms with Crippen molar-refractivity contribution in [1.82, 2.24) is 14.8 Å². The standard InChI is InChI=1S/C28H38ClN3O3/c1-18(30-3)27(34)15-23(20-8-5-4-6-9-20)28(35)32-13-7-10-22(32)16-31-17-25(19(2)33)24-14-21(29)11-12-26(24)31/h11-12,14,17-18,20,22-23,30H,4-10,13,15-16H2,1-3H3. The lowest BCUT2D eigenvalue weighted by atomic mass is 9.76. The molecule has 0 radical (unpaired) electrons. The number of likely N-dealkylation sites (N-methyl/N-ethyl adjacent to an activating group) is 1. The van der Waals surface area contributed by atoms with Crippen LogP contribution in [0.4, 0.5) is 0 Å². The van der Waals surface area contributed by atoms with E-state index >= 15 is 0 Å². The Morgan fingerprint density at radius 3 is 2.54 bits per heavy atom. The second kappa shape index (κ2) is 11.3. The lowest BCUT2D eigenvalue weighted by Crippen LogP contribution is -2.45. The molecule has 1 saturated carbocycles. The minimum atomic E-state index is -0.244. The third kappa shape index (κ3) is 5.64. The maximum absolute atomic E-state index is 14.0. The molecule has 1 aromatic heterocycles. The molecule has 2 aromatic rings. The van der Waals surface area contributed by atoms with E-state index in [2.05, 4.69) is 9.88 Å². The fourth-order valence-electron chi connectivity index (χ4n) is 6.00. The number of hydrogen-bond donors (Lipinski definition) is 1. The summed E-state index contributed by atoms with van der Waals surface area (Å²) in [5.74, 6) is 0.301. The van der Waals surface area contributed by atoms with Crippen molar-refractivity contribution in [2.24, 2.45) is 11.8 Å². The van der Waals surface area contributed by atoms with Crippen molar-refractivity contribution in [1.29, 1.82) is 0 Å². The number of carbonyl (C=O) groups excluding carboxylic acids is 3. The molecular formula is C28H38ClN3O3. The second-order valence-electron chi connectivity index (χ2n) is 10.4. The highest BCUT2D eigenvalue weighted by Gasteiger charge is 2.39. The fourth-order valence-corrected chi connectivity index (χ4v) is 6.18. The highest BCUT2D eigenvalue weighted by Crippen LogP contribution is 2.35. The molecule has 2 fully saturated rings. The number of aromatic nitrogens is 1. The third-order valence-electron chi connectivity index (χ3n) is 8.16. The van der Waals surface area contributed by atoms with E-state index in [-0.39, 0.29) is 41.4 Å². The third-order valence-corrected chi connectivity index (χ3v) is 8.40. The largest absolute Gasteiger partial charge is 0.345 e. The number of fused-ring (bicyclic) bond motifs is 1. The summed E-state index contributed by atoms with van der Waals surface area (Å²) in [6.45, 7) is 4.81. The number of likely N-dealkylation sites (tertiary alicyclic amines) is 1. The van der Waals surface area contributed by atoms with Crippen LogP contribution in [0.2, 0.25) is 5.02 Å². The Hall–Kier alpha value is -2.18. The summed E-state index contributed by atoms with van der Waals surface area (Å²) in [7, 11) is 1.79. The molecular weight excluding hydrogens is 462 g/mol. The van der Waals surface area contributed by atoms with Crippen molar-refractivity contribution in [3.63, 3.8) is 0 Å². The maximum Gasteiger partial charge on any atom is 0.226 e. The van der Waals surface area contributed by atoms with Gasteiger partial charge in [0.05, 0.1) is 6.04 Å². The van der Waals surface area contributed by atoms with Crippen LogP contribution in [0.5, 0.6) is 0 Å². The molecule has 3 atom stereocenters. The summed E-state index contributed by atoms with van der Waals surface area (Å²) in [5.41, 5.74) is 1.62. The molecule has 0 bridgehead atoms. The lowest BCUT2D eigenvalue weighted by Gasteiger charge is -2.35. The van der Waals surface area contributed by atoms with Crippen molar-refractivity contribution in [3.8, 4) is 0 Å². The predicted octanol–water partition coefficient (Wildman–Crippen LogP) is 5.25. The van der Waals surface area contributed by atoms with E-state index in [1.807, 2.05) is 36.2 Å². The molecule has 6 nitrogen and oxygen atoms in total. The van der Waals surface area contributed by atoms with Crippen molar-refractivity contribution in [2.75, 3.05) is 13.6 Å². The van der Waals surface area contributed by atoms with E-state index in [0.717, 1.165) is 56.0 Å². The van der Waals surface area contributed by atoms with Gasteiger partial charge >= 0.3 is 0 Å². The lowest BCUT2D eigenvalue weighted by molar-refractivity contribution is -0.141. The minimum absolute atomic E-state index is 0.00454. The SMILES string of the molecule is CNC(C)C(=O)CC(C(=O)N1CCCC1Cn1cc(C(C)=O)c2cc(Cl)ccc21)C1CCCCC1. The van der Waals surface area contributed by atoms with Gasteiger partial charge in [-0.3, -0.25) is 14.4 Å². The van der Waals surface area contributed by atoms with Crippen LogP contribution in [0.3, 0.4) is 0 Å². The van der Waals surface area contributed by atoms with Crippen molar-refractivity contribution >= 4 is 40.0 Å². The highest BCUT2D eigenvalue weighted by atomic mass is 35.5. The topological polar surface area (TPSA) is 71.4 Å². The number of ketones is 2. The Morgan fingerprint density at radius 2 is 1.86 bits per heavy atom. The molecule has 1 aliphatic carbocycles. The Balaban J connectivity index is 1.58. The van der Waals surface area contributed by atoms with E-state index in [9.17, 15) is 14.4 Å². The summed E-state index contributed by atoms with van der Waals surface area (Å²) in [6.07, 6.45) is 9.65. The number of benzene rings is 1. The number of amides is 1. The minimum Gasteiger partial charge on any atom is -0.345 e. The first-order valence-corrected chi connectivity index (χ1v) is 13.5. The van der Waals surface area contributed by atoms with Crippen LogP contribution in [0.1, 0.15) is 75.6 Å². The van der Waals surface area contributed by atoms with Crippen LogP contribution in [-0.4, -0.2) is 52.6 Å². The number of Topliss-reactive ketones (excluding diaryl/α,β-unsaturated/α-hetero) is 2. The molecule has 1 aliphatic heterocycles. The predicted molar refractivity (Wildman–Crippen MR) is 140 cm³/mol. The van der Waals surface area contributed by atoms with Crippen LogP contribution in [-0.2, 0) is 16.1 Å². The van der Waals surface area contributed by atoms with Crippen LogP contribution in [0.15, 0.2) is 24.4 Å². The van der Waals surface area contributed by atoms with Crippen LogP contribution in [0.25, 0.3) is 10.9 Å². The van der Waals surface area contributed by atoms with Crippen molar-refractivity contribution < 1.29 is 14.4 Å².